The molecule has 0 radical (unpaired) electrons. The molecule has 0 aromatic heterocycles. The van der Waals surface area contributed by atoms with Gasteiger partial charge in [-0.2, -0.15) is 0 Å². The summed E-state index contributed by atoms with van der Waals surface area (Å²) in [6.07, 6.45) is 18.7. The Morgan fingerprint density at radius 3 is 1.90 bits per heavy atom. The van der Waals surface area contributed by atoms with Gasteiger partial charge >= 0.3 is 11.9 Å². The minimum absolute atomic E-state index is 0.0310. The molecule has 236 valence electrons. The third-order valence-corrected chi connectivity index (χ3v) is 7.25. The molecular formula is C30H58NO8P. The lowest BCUT2D eigenvalue weighted by atomic mass is 10.1. The maximum atomic E-state index is 12.4. The fourth-order valence-electron chi connectivity index (χ4n) is 3.76. The molecule has 0 spiro atoms. The van der Waals surface area contributed by atoms with E-state index in [9.17, 15) is 19.0 Å². The van der Waals surface area contributed by atoms with E-state index in [-0.39, 0.29) is 26.1 Å². The van der Waals surface area contributed by atoms with Crippen LogP contribution in [-0.2, 0) is 32.7 Å². The molecule has 0 amide bonds. The van der Waals surface area contributed by atoms with Crippen LogP contribution < -0.4 is 4.89 Å². The summed E-state index contributed by atoms with van der Waals surface area (Å²) in [6.45, 7) is 4.01. The second kappa shape index (κ2) is 24.4. The summed E-state index contributed by atoms with van der Waals surface area (Å²) in [6, 6.07) is 0. The number of unbranched alkanes of at least 4 members (excludes halogenated alkanes) is 11. The topological polar surface area (TPSA) is 111 Å². The Morgan fingerprint density at radius 2 is 1.27 bits per heavy atom. The third kappa shape index (κ3) is 26.9. The second-order valence-corrected chi connectivity index (χ2v) is 12.9. The van der Waals surface area contributed by atoms with Crippen molar-refractivity contribution in [3.05, 3.63) is 12.2 Å². The van der Waals surface area contributed by atoms with Crippen molar-refractivity contribution in [1.29, 1.82) is 0 Å². The Labute approximate surface area is 244 Å². The van der Waals surface area contributed by atoms with E-state index in [0.29, 0.717) is 17.4 Å². The average molecular weight is 592 g/mol. The van der Waals surface area contributed by atoms with Crippen molar-refractivity contribution < 1.29 is 42.1 Å². The smallest absolute Gasteiger partial charge is 0.306 e. The van der Waals surface area contributed by atoms with Gasteiger partial charge < -0.3 is 27.9 Å². The highest BCUT2D eigenvalue weighted by Gasteiger charge is 2.21. The van der Waals surface area contributed by atoms with E-state index >= 15 is 0 Å². The predicted octanol–water partition coefficient (Wildman–Crippen LogP) is 6.49. The van der Waals surface area contributed by atoms with Crippen LogP contribution >= 0.6 is 7.82 Å². The Hall–Kier alpha value is -1.25. The monoisotopic (exact) mass is 591 g/mol. The Kier molecular flexibility index (Phi) is 23.6. The summed E-state index contributed by atoms with van der Waals surface area (Å²) >= 11 is 0. The van der Waals surface area contributed by atoms with Gasteiger partial charge in [-0.25, -0.2) is 0 Å². The number of phosphoric acid groups is 1. The van der Waals surface area contributed by atoms with Crippen LogP contribution in [0.1, 0.15) is 117 Å². The van der Waals surface area contributed by atoms with Gasteiger partial charge in [0.15, 0.2) is 6.10 Å². The molecule has 0 saturated carbocycles. The quantitative estimate of drug-likeness (QED) is 0.0351. The van der Waals surface area contributed by atoms with E-state index < -0.39 is 32.5 Å². The van der Waals surface area contributed by atoms with Crippen molar-refractivity contribution in [3.8, 4) is 0 Å². The lowest BCUT2D eigenvalue weighted by Crippen LogP contribution is -2.37. The Balaban J connectivity index is 4.47. The average Bonchev–Trinajstić information content (AvgIpc) is 2.88. The third-order valence-electron chi connectivity index (χ3n) is 6.29. The van der Waals surface area contributed by atoms with Gasteiger partial charge in [-0.05, 0) is 38.5 Å². The van der Waals surface area contributed by atoms with Gasteiger partial charge in [-0.15, -0.1) is 0 Å². The maximum Gasteiger partial charge on any atom is 0.306 e. The number of likely N-dealkylation sites (N-methyl/N-ethyl adjacent to an activating group) is 1. The van der Waals surface area contributed by atoms with Crippen LogP contribution in [0.2, 0.25) is 0 Å². The molecule has 9 nitrogen and oxygen atoms in total. The molecule has 0 aromatic rings. The van der Waals surface area contributed by atoms with Crippen LogP contribution in [0.25, 0.3) is 0 Å². The molecule has 0 fully saturated rings. The van der Waals surface area contributed by atoms with Gasteiger partial charge in [-0.1, -0.05) is 77.4 Å². The number of allylic oxidation sites excluding steroid dienone is 2. The van der Waals surface area contributed by atoms with E-state index in [4.69, 9.17) is 18.5 Å². The highest BCUT2D eigenvalue weighted by Crippen LogP contribution is 2.38. The number of hydrogen-bond acceptors (Lipinski definition) is 8. The summed E-state index contributed by atoms with van der Waals surface area (Å²) < 4.78 is 33.3. The fraction of sp³-hybridized carbons (Fsp3) is 0.867. The lowest BCUT2D eigenvalue weighted by molar-refractivity contribution is -0.870. The summed E-state index contributed by atoms with van der Waals surface area (Å²) in [4.78, 5) is 36.7. The summed E-state index contributed by atoms with van der Waals surface area (Å²) in [7, 11) is 1.15. The lowest BCUT2D eigenvalue weighted by Gasteiger charge is -2.28. The van der Waals surface area contributed by atoms with E-state index in [1.54, 1.807) is 0 Å². The minimum atomic E-state index is -4.59. The highest BCUT2D eigenvalue weighted by molar-refractivity contribution is 7.45. The maximum absolute atomic E-state index is 12.4. The number of phosphoric ester groups is 1. The van der Waals surface area contributed by atoms with Gasteiger partial charge in [0.05, 0.1) is 27.7 Å². The number of esters is 2. The first-order valence-corrected chi connectivity index (χ1v) is 16.9. The summed E-state index contributed by atoms with van der Waals surface area (Å²) in [5.74, 6) is -0.869. The molecule has 0 N–H and O–H groups in total. The first-order valence-electron chi connectivity index (χ1n) is 15.4. The molecule has 0 aliphatic heterocycles. The molecule has 2 unspecified atom stereocenters. The van der Waals surface area contributed by atoms with Gasteiger partial charge in [0.2, 0.25) is 0 Å². The van der Waals surface area contributed by atoms with Crippen LogP contribution in [-0.4, -0.2) is 70.0 Å². The first-order chi connectivity index (χ1) is 19.0. The van der Waals surface area contributed by atoms with Crippen molar-refractivity contribution in [2.75, 3.05) is 47.5 Å². The fourth-order valence-corrected chi connectivity index (χ4v) is 4.49. The van der Waals surface area contributed by atoms with Crippen molar-refractivity contribution in [3.63, 3.8) is 0 Å². The van der Waals surface area contributed by atoms with Crippen LogP contribution in [0.3, 0.4) is 0 Å². The SMILES string of the molecule is CCCCC/C=C\CCCCCCCC(=O)OC(COC(=O)CCCCCC)COP(=O)([O-])OCC[N+](C)(C)C. The zero-order chi connectivity index (χ0) is 30.1. The largest absolute Gasteiger partial charge is 0.756 e. The van der Waals surface area contributed by atoms with E-state index in [0.717, 1.165) is 64.2 Å². The number of nitrogens with zero attached hydrogens (tertiary/aromatic N) is 1. The highest BCUT2D eigenvalue weighted by atomic mass is 31.2. The number of hydrogen-bond donors (Lipinski definition) is 0. The van der Waals surface area contributed by atoms with Crippen molar-refractivity contribution in [2.45, 2.75) is 123 Å². The van der Waals surface area contributed by atoms with Crippen LogP contribution in [0, 0.1) is 0 Å². The zero-order valence-electron chi connectivity index (χ0n) is 26.0. The molecule has 0 saturated heterocycles. The van der Waals surface area contributed by atoms with Crippen LogP contribution in [0.5, 0.6) is 0 Å². The molecule has 10 heteroatoms. The van der Waals surface area contributed by atoms with Crippen LogP contribution in [0.15, 0.2) is 12.2 Å². The first kappa shape index (κ1) is 38.8. The van der Waals surface area contributed by atoms with E-state index in [1.807, 2.05) is 21.1 Å². The number of rotatable bonds is 27. The van der Waals surface area contributed by atoms with Crippen molar-refractivity contribution >= 4 is 19.8 Å². The molecule has 0 aliphatic carbocycles. The van der Waals surface area contributed by atoms with Crippen molar-refractivity contribution in [1.82, 2.24) is 0 Å². The number of quaternary nitrogens is 1. The molecule has 0 rings (SSSR count). The number of carbonyl (C=O) groups is 2. The minimum Gasteiger partial charge on any atom is -0.756 e. The van der Waals surface area contributed by atoms with Gasteiger partial charge in [-0.3, -0.25) is 14.2 Å². The van der Waals surface area contributed by atoms with Gasteiger partial charge in [0, 0.05) is 12.8 Å². The molecule has 40 heavy (non-hydrogen) atoms. The molecule has 0 aliphatic rings. The normalized spacial score (nSPS) is 14.2. The summed E-state index contributed by atoms with van der Waals surface area (Å²) in [5.41, 5.74) is 0. The summed E-state index contributed by atoms with van der Waals surface area (Å²) in [5, 5.41) is 0. The predicted molar refractivity (Wildman–Crippen MR) is 158 cm³/mol. The molecule has 0 heterocycles. The number of ether oxygens (including phenoxy) is 2. The molecule has 0 aromatic carbocycles. The second-order valence-electron chi connectivity index (χ2n) is 11.5. The van der Waals surface area contributed by atoms with E-state index in [2.05, 4.69) is 26.0 Å². The Bertz CT molecular complexity index is 723. The van der Waals surface area contributed by atoms with Gasteiger partial charge in [0.1, 0.15) is 19.8 Å². The Morgan fingerprint density at radius 1 is 0.750 bits per heavy atom. The molecule has 2 atom stereocenters. The molecular weight excluding hydrogens is 533 g/mol. The van der Waals surface area contributed by atoms with E-state index in [1.165, 1.54) is 19.3 Å². The zero-order valence-corrected chi connectivity index (χ0v) is 26.9. The number of carbonyl (C=O) groups excluding carboxylic acids is 2. The molecule has 0 bridgehead atoms. The van der Waals surface area contributed by atoms with Crippen LogP contribution in [0.4, 0.5) is 0 Å². The van der Waals surface area contributed by atoms with Gasteiger partial charge in [0.25, 0.3) is 7.82 Å². The standard InChI is InChI=1S/C30H58NO8P/c1-6-8-10-12-13-14-15-16-17-18-19-21-23-30(33)39-28(26-36-29(32)22-20-11-9-7-2)27-38-40(34,35)37-25-24-31(3,4)5/h13-14,28H,6-12,15-27H2,1-5H3/b14-13-. The van der Waals surface area contributed by atoms with Crippen molar-refractivity contribution in [2.24, 2.45) is 0 Å².